The molecule has 1 amide bonds. The molecular formula is C26H31N5OS. The van der Waals surface area contributed by atoms with Gasteiger partial charge in [0, 0.05) is 43.3 Å². The monoisotopic (exact) mass is 461 g/mol. The van der Waals surface area contributed by atoms with Gasteiger partial charge in [-0.3, -0.25) is 9.78 Å². The van der Waals surface area contributed by atoms with E-state index in [-0.39, 0.29) is 18.0 Å². The van der Waals surface area contributed by atoms with Crippen molar-refractivity contribution in [3.8, 4) is 0 Å². The van der Waals surface area contributed by atoms with E-state index in [1.54, 1.807) is 6.20 Å². The summed E-state index contributed by atoms with van der Waals surface area (Å²) in [5.74, 6) is -0.0220. The van der Waals surface area contributed by atoms with E-state index in [1.165, 1.54) is 0 Å². The predicted molar refractivity (Wildman–Crippen MR) is 136 cm³/mol. The van der Waals surface area contributed by atoms with Gasteiger partial charge in [-0.2, -0.15) is 0 Å². The maximum Gasteiger partial charge on any atom is 0.226 e. The smallest absolute Gasteiger partial charge is 0.226 e. The average molecular weight is 462 g/mol. The minimum atomic E-state index is -0.0798. The molecule has 1 aliphatic heterocycles. The molecule has 4 rings (SSSR count). The number of anilines is 1. The number of benzene rings is 1. The molecule has 0 bridgehead atoms. The number of carbonyl (C=O) groups excluding carboxylic acids is 1. The number of amides is 1. The fourth-order valence-electron chi connectivity index (χ4n) is 4.24. The third kappa shape index (κ3) is 5.09. The Morgan fingerprint density at radius 1 is 1.21 bits per heavy atom. The molecule has 3 heterocycles. The van der Waals surface area contributed by atoms with Gasteiger partial charge in [-0.1, -0.05) is 18.2 Å². The van der Waals surface area contributed by atoms with E-state index in [1.807, 2.05) is 50.2 Å². The Hall–Kier alpha value is -3.19. The lowest BCUT2D eigenvalue weighted by atomic mass is 9.99. The highest BCUT2D eigenvalue weighted by Crippen LogP contribution is 2.39. The van der Waals surface area contributed by atoms with Gasteiger partial charge in [-0.25, -0.2) is 0 Å². The van der Waals surface area contributed by atoms with Crippen LogP contribution in [0, 0.1) is 13.8 Å². The van der Waals surface area contributed by atoms with Crippen LogP contribution in [-0.2, 0) is 4.79 Å². The molecule has 33 heavy (non-hydrogen) atoms. The van der Waals surface area contributed by atoms with Gasteiger partial charge in [0.25, 0.3) is 0 Å². The third-order valence-electron chi connectivity index (χ3n) is 6.12. The van der Waals surface area contributed by atoms with E-state index >= 15 is 0 Å². The van der Waals surface area contributed by atoms with Crippen LogP contribution in [0.4, 0.5) is 5.69 Å². The van der Waals surface area contributed by atoms with E-state index in [0.717, 1.165) is 28.1 Å². The first kappa shape index (κ1) is 23.0. The predicted octanol–water partition coefficient (Wildman–Crippen LogP) is 5.08. The van der Waals surface area contributed by atoms with Crippen molar-refractivity contribution in [1.29, 1.82) is 0 Å². The average Bonchev–Trinajstić information content (AvgIpc) is 3.40. The fourth-order valence-corrected chi connectivity index (χ4v) is 4.57. The Bertz CT molecular complexity index is 1140. The SMILES string of the molecule is Cc1ccc(C)c(NC(=O)CCN2C(=S)NC(c3ccccn3)C2c2ccn(C(C)C)c2)c1. The molecular weight excluding hydrogens is 430 g/mol. The molecule has 0 spiro atoms. The second kappa shape index (κ2) is 9.75. The van der Waals surface area contributed by atoms with Crippen LogP contribution in [0.5, 0.6) is 0 Å². The summed E-state index contributed by atoms with van der Waals surface area (Å²) >= 11 is 5.72. The maximum atomic E-state index is 12.8. The van der Waals surface area contributed by atoms with Crippen LogP contribution in [-0.4, -0.2) is 32.0 Å². The lowest BCUT2D eigenvalue weighted by Crippen LogP contribution is -2.32. The summed E-state index contributed by atoms with van der Waals surface area (Å²) in [5.41, 5.74) is 5.12. The molecule has 2 atom stereocenters. The Morgan fingerprint density at radius 3 is 2.73 bits per heavy atom. The van der Waals surface area contributed by atoms with Crippen LogP contribution < -0.4 is 10.6 Å². The van der Waals surface area contributed by atoms with Gasteiger partial charge in [0.05, 0.1) is 17.8 Å². The van der Waals surface area contributed by atoms with E-state index in [2.05, 4.69) is 57.4 Å². The molecule has 0 radical (unpaired) electrons. The zero-order valence-electron chi connectivity index (χ0n) is 19.6. The van der Waals surface area contributed by atoms with E-state index in [0.29, 0.717) is 24.1 Å². The third-order valence-corrected chi connectivity index (χ3v) is 6.47. The first-order valence-corrected chi connectivity index (χ1v) is 11.8. The first-order valence-electron chi connectivity index (χ1n) is 11.4. The van der Waals surface area contributed by atoms with Crippen LogP contribution in [0.15, 0.2) is 61.1 Å². The number of hydrogen-bond acceptors (Lipinski definition) is 3. The number of carbonyl (C=O) groups is 1. The van der Waals surface area contributed by atoms with Gasteiger partial charge in [-0.15, -0.1) is 0 Å². The quantitative estimate of drug-likeness (QED) is 0.481. The molecule has 2 aromatic heterocycles. The van der Waals surface area contributed by atoms with Gasteiger partial charge in [-0.05, 0) is 80.9 Å². The van der Waals surface area contributed by atoms with Crippen molar-refractivity contribution in [1.82, 2.24) is 19.8 Å². The van der Waals surface area contributed by atoms with Crippen molar-refractivity contribution in [3.05, 3.63) is 83.4 Å². The summed E-state index contributed by atoms with van der Waals surface area (Å²) in [7, 11) is 0. The van der Waals surface area contributed by atoms with E-state index in [4.69, 9.17) is 12.2 Å². The number of nitrogens with zero attached hydrogens (tertiary/aromatic N) is 3. The molecule has 172 valence electrons. The minimum Gasteiger partial charge on any atom is -0.352 e. The summed E-state index contributed by atoms with van der Waals surface area (Å²) < 4.78 is 2.19. The van der Waals surface area contributed by atoms with Crippen molar-refractivity contribution in [2.45, 2.75) is 52.2 Å². The molecule has 2 unspecified atom stereocenters. The standard InChI is InChI=1S/C26H31N5OS/c1-17(2)30-13-10-20(16-30)25-24(21-7-5-6-12-27-21)29-26(33)31(25)14-11-23(32)28-22-15-18(3)8-9-19(22)4/h5-10,12-13,15-17,24-25H,11,14H2,1-4H3,(H,28,32)(H,29,33). The van der Waals surface area contributed by atoms with Crippen LogP contribution >= 0.6 is 12.2 Å². The molecule has 1 fully saturated rings. The molecule has 1 aromatic carbocycles. The van der Waals surface area contributed by atoms with Gasteiger partial charge < -0.3 is 20.1 Å². The molecule has 0 saturated carbocycles. The molecule has 7 heteroatoms. The minimum absolute atomic E-state index is 0.0220. The van der Waals surface area contributed by atoms with Gasteiger partial charge in [0.2, 0.25) is 5.91 Å². The summed E-state index contributed by atoms with van der Waals surface area (Å²) in [6.45, 7) is 8.86. The van der Waals surface area contributed by atoms with E-state index in [9.17, 15) is 4.79 Å². The lowest BCUT2D eigenvalue weighted by molar-refractivity contribution is -0.116. The molecule has 1 aliphatic rings. The molecule has 2 N–H and O–H groups in total. The number of rotatable bonds is 7. The molecule has 3 aromatic rings. The number of aryl methyl sites for hydroxylation is 2. The van der Waals surface area contributed by atoms with E-state index < -0.39 is 0 Å². The van der Waals surface area contributed by atoms with Gasteiger partial charge in [0.15, 0.2) is 5.11 Å². The lowest BCUT2D eigenvalue weighted by Gasteiger charge is -2.27. The first-order chi connectivity index (χ1) is 15.8. The second-order valence-corrected chi connectivity index (χ2v) is 9.31. The van der Waals surface area contributed by atoms with Crippen LogP contribution in [0.2, 0.25) is 0 Å². The topological polar surface area (TPSA) is 62.2 Å². The maximum absolute atomic E-state index is 12.8. The number of pyridine rings is 1. The number of aromatic nitrogens is 2. The molecule has 1 saturated heterocycles. The Balaban J connectivity index is 1.55. The fraction of sp³-hybridized carbons (Fsp3) is 0.346. The zero-order valence-corrected chi connectivity index (χ0v) is 20.4. The van der Waals surface area contributed by atoms with Crippen molar-refractivity contribution in [2.24, 2.45) is 0 Å². The van der Waals surface area contributed by atoms with Crippen molar-refractivity contribution < 1.29 is 4.79 Å². The number of thiocarbonyl (C=S) groups is 1. The number of hydrogen-bond donors (Lipinski definition) is 2. The highest BCUT2D eigenvalue weighted by atomic mass is 32.1. The zero-order chi connectivity index (χ0) is 23.5. The molecule has 6 nitrogen and oxygen atoms in total. The Morgan fingerprint density at radius 2 is 2.03 bits per heavy atom. The largest absolute Gasteiger partial charge is 0.352 e. The molecule has 0 aliphatic carbocycles. The van der Waals surface area contributed by atoms with Gasteiger partial charge in [0.1, 0.15) is 0 Å². The van der Waals surface area contributed by atoms with Crippen LogP contribution in [0.25, 0.3) is 0 Å². The summed E-state index contributed by atoms with van der Waals surface area (Å²) in [4.78, 5) is 19.5. The highest BCUT2D eigenvalue weighted by Gasteiger charge is 2.40. The summed E-state index contributed by atoms with van der Waals surface area (Å²) in [6.07, 6.45) is 6.41. The normalized spacial score (nSPS) is 18.0. The van der Waals surface area contributed by atoms with Crippen molar-refractivity contribution in [3.63, 3.8) is 0 Å². The van der Waals surface area contributed by atoms with Crippen LogP contribution in [0.1, 0.15) is 60.8 Å². The number of nitrogens with one attached hydrogen (secondary N) is 2. The van der Waals surface area contributed by atoms with Gasteiger partial charge >= 0.3 is 0 Å². The van der Waals surface area contributed by atoms with Crippen LogP contribution in [0.3, 0.4) is 0 Å². The van der Waals surface area contributed by atoms with Crippen molar-refractivity contribution >= 4 is 28.9 Å². The Labute approximate surface area is 201 Å². The van der Waals surface area contributed by atoms with Crippen molar-refractivity contribution in [2.75, 3.05) is 11.9 Å². The Kier molecular flexibility index (Phi) is 6.79. The second-order valence-electron chi connectivity index (χ2n) is 8.92. The summed E-state index contributed by atoms with van der Waals surface area (Å²) in [6, 6.07) is 14.4. The summed E-state index contributed by atoms with van der Waals surface area (Å²) in [5, 5.41) is 7.16. The highest BCUT2D eigenvalue weighted by molar-refractivity contribution is 7.80.